The molecule has 162 valence electrons. The Hall–Kier alpha value is -3.29. The van der Waals surface area contributed by atoms with E-state index >= 15 is 0 Å². The van der Waals surface area contributed by atoms with Gasteiger partial charge in [-0.3, -0.25) is 0 Å². The summed E-state index contributed by atoms with van der Waals surface area (Å²) in [5, 5.41) is 6.66. The van der Waals surface area contributed by atoms with Gasteiger partial charge in [-0.2, -0.15) is 4.98 Å². The van der Waals surface area contributed by atoms with E-state index in [1.807, 2.05) is 30.3 Å². The molecule has 31 heavy (non-hydrogen) atoms. The normalized spacial score (nSPS) is 14.4. The molecule has 0 aliphatic heterocycles. The molecule has 2 aromatic carbocycles. The van der Waals surface area contributed by atoms with Crippen LogP contribution in [0.1, 0.15) is 31.2 Å². The van der Waals surface area contributed by atoms with Crippen molar-refractivity contribution in [1.29, 1.82) is 0 Å². The number of benzene rings is 2. The molecule has 4 rings (SSSR count). The minimum absolute atomic E-state index is 0.285. The lowest BCUT2D eigenvalue weighted by atomic mass is 10.1. The van der Waals surface area contributed by atoms with E-state index in [0.717, 1.165) is 31.2 Å². The van der Waals surface area contributed by atoms with Crippen LogP contribution in [0.3, 0.4) is 0 Å². The minimum atomic E-state index is -4.75. The first-order chi connectivity index (χ1) is 14.9. The van der Waals surface area contributed by atoms with E-state index in [9.17, 15) is 13.2 Å². The maximum absolute atomic E-state index is 12.6. The highest BCUT2D eigenvalue weighted by Gasteiger charge is 2.31. The molecule has 0 bridgehead atoms. The Morgan fingerprint density at radius 1 is 0.935 bits per heavy atom. The molecule has 1 heterocycles. The Morgan fingerprint density at radius 3 is 2.45 bits per heavy atom. The SMILES string of the molecule is FC(F)(F)Oc1cccc(-c2cc(NCc3ccccc3)nc(NC3CCCC3)n2)c1. The third kappa shape index (κ3) is 6.10. The minimum Gasteiger partial charge on any atom is -0.406 e. The predicted molar refractivity (Wildman–Crippen MR) is 114 cm³/mol. The first kappa shape index (κ1) is 21.0. The molecule has 5 nitrogen and oxygen atoms in total. The van der Waals surface area contributed by atoms with E-state index in [1.54, 1.807) is 12.1 Å². The highest BCUT2D eigenvalue weighted by atomic mass is 19.4. The molecule has 0 radical (unpaired) electrons. The standard InChI is InChI=1S/C23H23F3N4O/c24-23(25,26)31-19-12-6-9-17(13-19)20-14-21(27-15-16-7-2-1-3-8-16)30-22(29-20)28-18-10-4-5-11-18/h1-3,6-9,12-14,18H,4-5,10-11,15H2,(H2,27,28,29,30). The molecule has 2 N–H and O–H groups in total. The summed E-state index contributed by atoms with van der Waals surface area (Å²) in [5.74, 6) is 0.770. The Kier molecular flexibility index (Phi) is 6.25. The average Bonchev–Trinajstić information content (AvgIpc) is 3.25. The van der Waals surface area contributed by atoms with Crippen LogP contribution in [0, 0.1) is 0 Å². The molecule has 0 saturated heterocycles. The second-order valence-corrected chi connectivity index (χ2v) is 7.50. The summed E-state index contributed by atoms with van der Waals surface area (Å²) in [4.78, 5) is 9.14. The van der Waals surface area contributed by atoms with Gasteiger partial charge in [0.2, 0.25) is 5.95 Å². The largest absolute Gasteiger partial charge is 0.573 e. The summed E-state index contributed by atoms with van der Waals surface area (Å²) >= 11 is 0. The van der Waals surface area contributed by atoms with Crippen LogP contribution in [0.5, 0.6) is 5.75 Å². The monoisotopic (exact) mass is 428 g/mol. The first-order valence-electron chi connectivity index (χ1n) is 10.2. The number of nitrogens with zero attached hydrogens (tertiary/aromatic N) is 2. The second kappa shape index (κ2) is 9.24. The van der Waals surface area contributed by atoms with Gasteiger partial charge in [-0.1, -0.05) is 55.3 Å². The number of nitrogens with one attached hydrogen (secondary N) is 2. The third-order valence-corrected chi connectivity index (χ3v) is 5.09. The van der Waals surface area contributed by atoms with Crippen LogP contribution in [-0.4, -0.2) is 22.4 Å². The van der Waals surface area contributed by atoms with E-state index in [0.29, 0.717) is 35.6 Å². The van der Waals surface area contributed by atoms with Crippen molar-refractivity contribution in [2.45, 2.75) is 44.6 Å². The van der Waals surface area contributed by atoms with Gasteiger partial charge in [0.15, 0.2) is 0 Å². The summed E-state index contributed by atoms with van der Waals surface area (Å²) in [6, 6.07) is 17.7. The predicted octanol–water partition coefficient (Wildman–Crippen LogP) is 6.01. The number of rotatable bonds is 7. The fraction of sp³-hybridized carbons (Fsp3) is 0.304. The molecule has 0 amide bonds. The fourth-order valence-corrected chi connectivity index (χ4v) is 3.64. The molecule has 0 spiro atoms. The number of ether oxygens (including phenoxy) is 1. The van der Waals surface area contributed by atoms with Gasteiger partial charge in [-0.25, -0.2) is 4.98 Å². The average molecular weight is 428 g/mol. The zero-order valence-corrected chi connectivity index (χ0v) is 16.8. The van der Waals surface area contributed by atoms with E-state index in [1.165, 1.54) is 18.2 Å². The van der Waals surface area contributed by atoms with Crippen LogP contribution in [0.15, 0.2) is 60.7 Å². The number of hydrogen-bond donors (Lipinski definition) is 2. The molecule has 1 fully saturated rings. The Balaban J connectivity index is 1.61. The molecule has 8 heteroatoms. The van der Waals surface area contributed by atoms with Gasteiger partial charge in [-0.05, 0) is 30.5 Å². The Bertz CT molecular complexity index is 1010. The lowest BCUT2D eigenvalue weighted by Gasteiger charge is -2.15. The maximum Gasteiger partial charge on any atom is 0.573 e. The van der Waals surface area contributed by atoms with Gasteiger partial charge < -0.3 is 15.4 Å². The number of alkyl halides is 3. The first-order valence-corrected chi connectivity index (χ1v) is 10.2. The molecule has 1 aliphatic rings. The molecule has 3 aromatic rings. The van der Waals surface area contributed by atoms with Crippen LogP contribution in [-0.2, 0) is 6.54 Å². The number of halogens is 3. The highest BCUT2D eigenvalue weighted by molar-refractivity contribution is 5.66. The van der Waals surface area contributed by atoms with Crippen molar-refractivity contribution >= 4 is 11.8 Å². The van der Waals surface area contributed by atoms with E-state index in [2.05, 4.69) is 25.3 Å². The van der Waals surface area contributed by atoms with Crippen LogP contribution in [0.4, 0.5) is 24.9 Å². The quantitative estimate of drug-likeness (QED) is 0.483. The third-order valence-electron chi connectivity index (χ3n) is 5.09. The number of hydrogen-bond acceptors (Lipinski definition) is 5. The molecule has 0 unspecified atom stereocenters. The van der Waals surface area contributed by atoms with Gasteiger partial charge in [0.25, 0.3) is 0 Å². The number of anilines is 2. The van der Waals surface area contributed by atoms with Crippen molar-refractivity contribution in [2.24, 2.45) is 0 Å². The topological polar surface area (TPSA) is 59.1 Å². The summed E-state index contributed by atoms with van der Waals surface area (Å²) in [7, 11) is 0. The van der Waals surface area contributed by atoms with Crippen LogP contribution >= 0.6 is 0 Å². The molecule has 0 atom stereocenters. The lowest BCUT2D eigenvalue weighted by Crippen LogP contribution is -2.18. The molecule has 1 saturated carbocycles. The summed E-state index contributed by atoms with van der Waals surface area (Å²) in [6.45, 7) is 0.567. The van der Waals surface area contributed by atoms with Crippen molar-refractivity contribution in [3.8, 4) is 17.0 Å². The Morgan fingerprint density at radius 2 is 1.71 bits per heavy atom. The zero-order valence-electron chi connectivity index (χ0n) is 16.8. The Labute approximate surface area is 178 Å². The van der Waals surface area contributed by atoms with Crippen LogP contribution < -0.4 is 15.4 Å². The van der Waals surface area contributed by atoms with Crippen molar-refractivity contribution in [1.82, 2.24) is 9.97 Å². The summed E-state index contributed by atoms with van der Waals surface area (Å²) < 4.78 is 41.9. The van der Waals surface area contributed by atoms with Crippen LogP contribution in [0.2, 0.25) is 0 Å². The fourth-order valence-electron chi connectivity index (χ4n) is 3.64. The van der Waals surface area contributed by atoms with E-state index < -0.39 is 6.36 Å². The highest BCUT2D eigenvalue weighted by Crippen LogP contribution is 2.29. The van der Waals surface area contributed by atoms with Gasteiger partial charge >= 0.3 is 6.36 Å². The summed E-state index contributed by atoms with van der Waals surface area (Å²) in [6.07, 6.45) is -0.326. The van der Waals surface area contributed by atoms with E-state index in [4.69, 9.17) is 0 Å². The summed E-state index contributed by atoms with van der Waals surface area (Å²) in [5.41, 5.74) is 2.12. The van der Waals surface area contributed by atoms with Crippen molar-refractivity contribution < 1.29 is 17.9 Å². The smallest absolute Gasteiger partial charge is 0.406 e. The van der Waals surface area contributed by atoms with Crippen LogP contribution in [0.25, 0.3) is 11.3 Å². The van der Waals surface area contributed by atoms with Gasteiger partial charge in [0.1, 0.15) is 11.6 Å². The van der Waals surface area contributed by atoms with Crippen molar-refractivity contribution in [3.05, 3.63) is 66.2 Å². The molecular weight excluding hydrogens is 405 g/mol. The lowest BCUT2D eigenvalue weighted by molar-refractivity contribution is -0.274. The van der Waals surface area contributed by atoms with Gasteiger partial charge in [0, 0.05) is 24.2 Å². The van der Waals surface area contributed by atoms with Gasteiger partial charge in [-0.15, -0.1) is 13.2 Å². The second-order valence-electron chi connectivity index (χ2n) is 7.50. The maximum atomic E-state index is 12.6. The van der Waals surface area contributed by atoms with E-state index in [-0.39, 0.29) is 5.75 Å². The van der Waals surface area contributed by atoms with Gasteiger partial charge in [0.05, 0.1) is 5.69 Å². The van der Waals surface area contributed by atoms with Crippen molar-refractivity contribution in [3.63, 3.8) is 0 Å². The molecular formula is C23H23F3N4O. The zero-order chi connectivity index (χ0) is 21.7. The van der Waals surface area contributed by atoms with Crippen molar-refractivity contribution in [2.75, 3.05) is 10.6 Å². The molecule has 1 aliphatic carbocycles. The number of aromatic nitrogens is 2. The molecule has 1 aromatic heterocycles.